The molecule has 0 saturated carbocycles. The van der Waals surface area contributed by atoms with Gasteiger partial charge in [-0.05, 0) is 41.5 Å². The van der Waals surface area contributed by atoms with E-state index in [0.29, 0.717) is 11.4 Å². The minimum absolute atomic E-state index is 0.0199. The van der Waals surface area contributed by atoms with Gasteiger partial charge in [0, 0.05) is 25.2 Å². The molecule has 0 radical (unpaired) electrons. The SMILES string of the molecule is COC(=O)c1cc(OC)cc(CN(CCNC(=O)OC(C)(C)C)C(=O)OC(C)(C)C)n1. The largest absolute Gasteiger partial charge is 0.497 e. The van der Waals surface area contributed by atoms with E-state index in [0.717, 1.165) is 0 Å². The molecule has 31 heavy (non-hydrogen) atoms. The molecular formula is C21H33N3O7. The summed E-state index contributed by atoms with van der Waals surface area (Å²) in [4.78, 5) is 42.1. The van der Waals surface area contributed by atoms with E-state index < -0.39 is 29.4 Å². The summed E-state index contributed by atoms with van der Waals surface area (Å²) < 4.78 is 20.6. The number of rotatable bonds is 7. The molecule has 1 aromatic rings. The maximum Gasteiger partial charge on any atom is 0.410 e. The molecule has 0 saturated heterocycles. The van der Waals surface area contributed by atoms with Crippen molar-refractivity contribution in [2.75, 3.05) is 27.3 Å². The average molecular weight is 440 g/mol. The van der Waals surface area contributed by atoms with Crippen LogP contribution in [0, 0.1) is 0 Å². The van der Waals surface area contributed by atoms with Gasteiger partial charge in [-0.1, -0.05) is 0 Å². The lowest BCUT2D eigenvalue weighted by Crippen LogP contribution is -2.42. The number of carbonyl (C=O) groups excluding carboxylic acids is 3. The lowest BCUT2D eigenvalue weighted by atomic mass is 10.2. The third kappa shape index (κ3) is 10.0. The van der Waals surface area contributed by atoms with E-state index in [1.54, 1.807) is 47.6 Å². The van der Waals surface area contributed by atoms with Crippen LogP contribution in [0.3, 0.4) is 0 Å². The van der Waals surface area contributed by atoms with E-state index in [2.05, 4.69) is 10.3 Å². The summed E-state index contributed by atoms with van der Waals surface area (Å²) in [6.07, 6.45) is -1.19. The van der Waals surface area contributed by atoms with Crippen LogP contribution in [-0.2, 0) is 20.8 Å². The van der Waals surface area contributed by atoms with Gasteiger partial charge in [-0.2, -0.15) is 0 Å². The van der Waals surface area contributed by atoms with Gasteiger partial charge in [-0.25, -0.2) is 19.4 Å². The molecule has 1 aromatic heterocycles. The van der Waals surface area contributed by atoms with Crippen molar-refractivity contribution >= 4 is 18.2 Å². The van der Waals surface area contributed by atoms with Gasteiger partial charge in [0.15, 0.2) is 5.69 Å². The van der Waals surface area contributed by atoms with Crippen molar-refractivity contribution < 1.29 is 33.3 Å². The highest BCUT2D eigenvalue weighted by Crippen LogP contribution is 2.18. The molecular weight excluding hydrogens is 406 g/mol. The molecule has 0 aliphatic carbocycles. The second kappa shape index (κ2) is 10.8. The normalized spacial score (nSPS) is 11.4. The van der Waals surface area contributed by atoms with E-state index in [9.17, 15) is 14.4 Å². The van der Waals surface area contributed by atoms with Crippen molar-refractivity contribution in [3.05, 3.63) is 23.5 Å². The number of esters is 1. The van der Waals surface area contributed by atoms with Crippen LogP contribution in [0.2, 0.25) is 0 Å². The molecule has 1 heterocycles. The lowest BCUT2D eigenvalue weighted by molar-refractivity contribution is 0.0222. The first-order valence-electron chi connectivity index (χ1n) is 9.82. The topological polar surface area (TPSA) is 116 Å². The number of nitrogens with zero attached hydrogens (tertiary/aromatic N) is 2. The van der Waals surface area contributed by atoms with E-state index in [1.165, 1.54) is 25.2 Å². The van der Waals surface area contributed by atoms with Crippen molar-refractivity contribution in [3.8, 4) is 5.75 Å². The smallest absolute Gasteiger partial charge is 0.410 e. The van der Waals surface area contributed by atoms with Gasteiger partial charge >= 0.3 is 18.2 Å². The zero-order valence-corrected chi connectivity index (χ0v) is 19.5. The number of alkyl carbamates (subject to hydrolysis) is 1. The van der Waals surface area contributed by atoms with Crippen LogP contribution in [-0.4, -0.2) is 66.6 Å². The van der Waals surface area contributed by atoms with E-state index in [-0.39, 0.29) is 25.3 Å². The van der Waals surface area contributed by atoms with Crippen LogP contribution in [0.1, 0.15) is 57.7 Å². The molecule has 0 atom stereocenters. The maximum atomic E-state index is 12.7. The third-order valence-electron chi connectivity index (χ3n) is 3.54. The standard InChI is InChI=1S/C21H33N3O7/c1-20(2,3)30-18(26)22-9-10-24(19(27)31-21(4,5)6)13-14-11-15(28-7)12-16(23-14)17(25)29-8/h11-12H,9-10,13H2,1-8H3,(H,22,26). The summed E-state index contributed by atoms with van der Waals surface area (Å²) in [5, 5.41) is 2.60. The lowest BCUT2D eigenvalue weighted by Gasteiger charge is -2.27. The molecule has 0 unspecified atom stereocenters. The molecule has 0 aliphatic heterocycles. The van der Waals surface area contributed by atoms with Gasteiger partial charge in [-0.15, -0.1) is 0 Å². The van der Waals surface area contributed by atoms with Crippen LogP contribution in [0.5, 0.6) is 5.75 Å². The van der Waals surface area contributed by atoms with Gasteiger partial charge in [0.25, 0.3) is 0 Å². The Bertz CT molecular complexity index is 782. The molecule has 0 bridgehead atoms. The molecule has 10 nitrogen and oxygen atoms in total. The number of nitrogens with one attached hydrogen (secondary N) is 1. The Labute approximate surface area is 183 Å². The van der Waals surface area contributed by atoms with Crippen molar-refractivity contribution in [2.45, 2.75) is 59.3 Å². The Morgan fingerprint density at radius 2 is 1.61 bits per heavy atom. The van der Waals surface area contributed by atoms with E-state index >= 15 is 0 Å². The summed E-state index contributed by atoms with van der Waals surface area (Å²) in [6, 6.07) is 3.04. The summed E-state index contributed by atoms with van der Waals surface area (Å²) >= 11 is 0. The maximum absolute atomic E-state index is 12.7. The highest BCUT2D eigenvalue weighted by atomic mass is 16.6. The predicted molar refractivity (Wildman–Crippen MR) is 113 cm³/mol. The Morgan fingerprint density at radius 3 is 2.13 bits per heavy atom. The third-order valence-corrected chi connectivity index (χ3v) is 3.54. The Balaban J connectivity index is 3.00. The highest BCUT2D eigenvalue weighted by molar-refractivity contribution is 5.87. The number of methoxy groups -OCH3 is 2. The summed E-state index contributed by atoms with van der Waals surface area (Å²) in [7, 11) is 2.70. The second-order valence-corrected chi connectivity index (χ2v) is 8.71. The number of pyridine rings is 1. The minimum Gasteiger partial charge on any atom is -0.497 e. The van der Waals surface area contributed by atoms with E-state index in [1.807, 2.05) is 0 Å². The number of hydrogen-bond donors (Lipinski definition) is 1. The van der Waals surface area contributed by atoms with Gasteiger partial charge in [0.2, 0.25) is 0 Å². The molecule has 1 N–H and O–H groups in total. The van der Waals surface area contributed by atoms with E-state index in [4.69, 9.17) is 18.9 Å². The Morgan fingerprint density at radius 1 is 1.00 bits per heavy atom. The fourth-order valence-electron chi connectivity index (χ4n) is 2.33. The fourth-order valence-corrected chi connectivity index (χ4v) is 2.33. The van der Waals surface area contributed by atoms with Crippen molar-refractivity contribution in [2.24, 2.45) is 0 Å². The molecule has 174 valence electrons. The zero-order valence-electron chi connectivity index (χ0n) is 19.5. The van der Waals surface area contributed by atoms with Gasteiger partial charge in [0.05, 0.1) is 26.5 Å². The number of carbonyl (C=O) groups is 3. The monoisotopic (exact) mass is 439 g/mol. The summed E-state index contributed by atoms with van der Waals surface area (Å²) in [5.41, 5.74) is -0.910. The predicted octanol–water partition coefficient (Wildman–Crippen LogP) is 3.14. The summed E-state index contributed by atoms with van der Waals surface area (Å²) in [6.45, 7) is 10.8. The zero-order chi connectivity index (χ0) is 23.8. The van der Waals surface area contributed by atoms with Gasteiger partial charge < -0.3 is 29.2 Å². The molecule has 0 aromatic carbocycles. The molecule has 2 amide bonds. The van der Waals surface area contributed by atoms with Crippen LogP contribution in [0.25, 0.3) is 0 Å². The molecule has 1 rings (SSSR count). The van der Waals surface area contributed by atoms with Crippen molar-refractivity contribution in [1.82, 2.24) is 15.2 Å². The number of aromatic nitrogens is 1. The van der Waals surface area contributed by atoms with Crippen LogP contribution >= 0.6 is 0 Å². The Hall–Kier alpha value is -3.04. The van der Waals surface area contributed by atoms with Crippen molar-refractivity contribution in [1.29, 1.82) is 0 Å². The fraction of sp³-hybridized carbons (Fsp3) is 0.619. The van der Waals surface area contributed by atoms with Crippen LogP contribution < -0.4 is 10.1 Å². The van der Waals surface area contributed by atoms with Gasteiger partial charge in [0.1, 0.15) is 17.0 Å². The highest BCUT2D eigenvalue weighted by Gasteiger charge is 2.24. The quantitative estimate of drug-likeness (QED) is 0.509. The molecule has 0 fully saturated rings. The molecule has 0 aliphatic rings. The first kappa shape index (κ1) is 26.0. The first-order valence-corrected chi connectivity index (χ1v) is 9.82. The Kier molecular flexibility index (Phi) is 9.08. The summed E-state index contributed by atoms with van der Waals surface area (Å²) in [5.74, 6) is -0.239. The average Bonchev–Trinajstić information content (AvgIpc) is 2.63. The van der Waals surface area contributed by atoms with Crippen LogP contribution in [0.15, 0.2) is 12.1 Å². The molecule has 0 spiro atoms. The van der Waals surface area contributed by atoms with Crippen molar-refractivity contribution in [3.63, 3.8) is 0 Å². The van der Waals surface area contributed by atoms with Crippen LogP contribution in [0.4, 0.5) is 9.59 Å². The molecule has 10 heteroatoms. The number of amides is 2. The first-order chi connectivity index (χ1) is 14.2. The number of hydrogen-bond acceptors (Lipinski definition) is 8. The number of ether oxygens (including phenoxy) is 4. The minimum atomic E-state index is -0.715. The van der Waals surface area contributed by atoms with Gasteiger partial charge in [-0.3, -0.25) is 0 Å². The second-order valence-electron chi connectivity index (χ2n) is 8.71.